The first-order chi connectivity index (χ1) is 9.88. The van der Waals surface area contributed by atoms with Gasteiger partial charge in [0.25, 0.3) is 0 Å². The van der Waals surface area contributed by atoms with Gasteiger partial charge >= 0.3 is 0 Å². The zero-order valence-electron chi connectivity index (χ0n) is 11.4. The Balaban J connectivity index is 1.81. The average molecular weight is 266 g/mol. The van der Waals surface area contributed by atoms with Crippen LogP contribution < -0.4 is 0 Å². The van der Waals surface area contributed by atoms with Crippen LogP contribution in [-0.2, 0) is 18.0 Å². The van der Waals surface area contributed by atoms with Crippen LogP contribution in [0.4, 0.5) is 0 Å². The molecule has 1 N–H and O–H groups in total. The number of hydrogen-bond acceptors (Lipinski definition) is 2. The second-order valence-corrected chi connectivity index (χ2v) is 4.45. The Hall–Kier alpha value is -2.08. The predicted molar refractivity (Wildman–Crippen MR) is 80.0 cm³/mol. The highest BCUT2D eigenvalue weighted by molar-refractivity contribution is 5.35. The molecule has 102 valence electrons. The van der Waals surface area contributed by atoms with E-state index < -0.39 is 0 Å². The van der Waals surface area contributed by atoms with E-state index in [9.17, 15) is 0 Å². The Kier molecular flexibility index (Phi) is 5.85. The Labute approximate surface area is 120 Å². The Bertz CT molecular complexity index is 562. The van der Waals surface area contributed by atoms with Crippen molar-refractivity contribution in [2.45, 2.75) is 19.6 Å². The van der Waals surface area contributed by atoms with E-state index in [1.165, 1.54) is 5.56 Å². The van der Waals surface area contributed by atoms with Gasteiger partial charge in [0.05, 0.1) is 19.8 Å². The number of ether oxygens (including phenoxy) is 1. The molecule has 0 fully saturated rings. The average Bonchev–Trinajstić information content (AvgIpc) is 2.50. The van der Waals surface area contributed by atoms with Crippen molar-refractivity contribution in [2.75, 3.05) is 6.61 Å². The van der Waals surface area contributed by atoms with Crippen molar-refractivity contribution in [1.29, 1.82) is 0 Å². The molecule has 2 aromatic carbocycles. The summed E-state index contributed by atoms with van der Waals surface area (Å²) in [5.74, 6) is 5.91. The summed E-state index contributed by atoms with van der Waals surface area (Å²) in [7, 11) is 0. The van der Waals surface area contributed by atoms with Crippen molar-refractivity contribution in [3.8, 4) is 11.8 Å². The molecule has 20 heavy (non-hydrogen) atoms. The van der Waals surface area contributed by atoms with Crippen LogP contribution in [0.3, 0.4) is 0 Å². The summed E-state index contributed by atoms with van der Waals surface area (Å²) in [5.41, 5.74) is 3.28. The summed E-state index contributed by atoms with van der Waals surface area (Å²) in [4.78, 5) is 0. The van der Waals surface area contributed by atoms with E-state index in [4.69, 9.17) is 9.84 Å². The van der Waals surface area contributed by atoms with E-state index in [0.717, 1.165) is 11.1 Å². The Morgan fingerprint density at radius 3 is 2.15 bits per heavy atom. The normalized spacial score (nSPS) is 9.85. The van der Waals surface area contributed by atoms with E-state index in [0.29, 0.717) is 19.6 Å². The third-order valence-electron chi connectivity index (χ3n) is 2.80. The summed E-state index contributed by atoms with van der Waals surface area (Å²) < 4.78 is 5.68. The lowest BCUT2D eigenvalue weighted by Gasteiger charge is -2.04. The summed E-state index contributed by atoms with van der Waals surface area (Å²) in [6.07, 6.45) is 0.516. The van der Waals surface area contributed by atoms with Crippen LogP contribution in [0, 0.1) is 11.8 Å². The lowest BCUT2D eigenvalue weighted by atomic mass is 10.1. The maximum atomic E-state index is 8.66. The van der Waals surface area contributed by atoms with Gasteiger partial charge in [0.2, 0.25) is 0 Å². The molecule has 0 aliphatic carbocycles. The summed E-state index contributed by atoms with van der Waals surface area (Å²) >= 11 is 0. The first-order valence-electron chi connectivity index (χ1n) is 6.69. The van der Waals surface area contributed by atoms with Gasteiger partial charge < -0.3 is 9.84 Å². The fourth-order valence-electron chi connectivity index (χ4n) is 1.77. The maximum absolute atomic E-state index is 8.66. The Morgan fingerprint density at radius 2 is 1.50 bits per heavy atom. The number of hydrogen-bond donors (Lipinski definition) is 1. The molecule has 2 aromatic rings. The molecule has 0 bridgehead atoms. The summed E-state index contributed by atoms with van der Waals surface area (Å²) in [5, 5.41) is 8.66. The van der Waals surface area contributed by atoms with Crippen molar-refractivity contribution < 1.29 is 9.84 Å². The smallest absolute Gasteiger partial charge is 0.0721 e. The van der Waals surface area contributed by atoms with Gasteiger partial charge in [-0.15, -0.1) is 0 Å². The molecule has 0 unspecified atom stereocenters. The molecule has 0 saturated carbocycles. The van der Waals surface area contributed by atoms with Gasteiger partial charge in [0.15, 0.2) is 0 Å². The SMILES string of the molecule is OCCC#Cc1ccc(COCc2ccccc2)cc1. The zero-order chi connectivity index (χ0) is 14.0. The molecule has 0 aromatic heterocycles. The lowest BCUT2D eigenvalue weighted by molar-refractivity contribution is 0.107. The standard InChI is InChI=1S/C18H18O2/c19-13-5-4-6-16-9-11-18(12-10-16)15-20-14-17-7-2-1-3-8-17/h1-3,7-12,19H,5,13-15H2. The van der Waals surface area contributed by atoms with Gasteiger partial charge in [0, 0.05) is 12.0 Å². The first-order valence-corrected chi connectivity index (χ1v) is 6.69. The molecule has 2 rings (SSSR count). The quantitative estimate of drug-likeness (QED) is 0.842. The molecular weight excluding hydrogens is 248 g/mol. The fourth-order valence-corrected chi connectivity index (χ4v) is 1.77. The number of benzene rings is 2. The van der Waals surface area contributed by atoms with Crippen LogP contribution in [0.5, 0.6) is 0 Å². The van der Waals surface area contributed by atoms with Gasteiger partial charge in [-0.25, -0.2) is 0 Å². The van der Waals surface area contributed by atoms with E-state index in [-0.39, 0.29) is 6.61 Å². The topological polar surface area (TPSA) is 29.5 Å². The highest BCUT2D eigenvalue weighted by Crippen LogP contribution is 2.07. The van der Waals surface area contributed by atoms with Gasteiger partial charge in [-0.1, -0.05) is 54.3 Å². The molecular formula is C18H18O2. The van der Waals surface area contributed by atoms with E-state index in [1.54, 1.807) is 0 Å². The van der Waals surface area contributed by atoms with Crippen molar-refractivity contribution in [2.24, 2.45) is 0 Å². The largest absolute Gasteiger partial charge is 0.395 e. The third kappa shape index (κ3) is 4.89. The molecule has 0 amide bonds. The highest BCUT2D eigenvalue weighted by atomic mass is 16.5. The fraction of sp³-hybridized carbons (Fsp3) is 0.222. The van der Waals surface area contributed by atoms with Crippen LogP contribution in [0.25, 0.3) is 0 Å². The van der Waals surface area contributed by atoms with Crippen molar-refractivity contribution in [3.63, 3.8) is 0 Å². The molecule has 0 radical (unpaired) electrons. The summed E-state index contributed by atoms with van der Waals surface area (Å²) in [6.45, 7) is 1.33. The number of aliphatic hydroxyl groups is 1. The van der Waals surface area contributed by atoms with E-state index in [2.05, 4.69) is 24.0 Å². The van der Waals surface area contributed by atoms with Gasteiger partial charge in [0.1, 0.15) is 0 Å². The highest BCUT2D eigenvalue weighted by Gasteiger charge is 1.95. The van der Waals surface area contributed by atoms with Crippen LogP contribution in [0.2, 0.25) is 0 Å². The van der Waals surface area contributed by atoms with Gasteiger partial charge in [-0.2, -0.15) is 0 Å². The van der Waals surface area contributed by atoms with Gasteiger partial charge in [-0.05, 0) is 23.3 Å². The van der Waals surface area contributed by atoms with Crippen LogP contribution in [0.15, 0.2) is 54.6 Å². The number of rotatable bonds is 5. The minimum atomic E-state index is 0.110. The molecule has 0 heterocycles. The van der Waals surface area contributed by atoms with Crippen molar-refractivity contribution >= 4 is 0 Å². The molecule has 0 atom stereocenters. The Morgan fingerprint density at radius 1 is 0.850 bits per heavy atom. The minimum Gasteiger partial charge on any atom is -0.395 e. The maximum Gasteiger partial charge on any atom is 0.0721 e. The molecule has 2 nitrogen and oxygen atoms in total. The van der Waals surface area contributed by atoms with Crippen molar-refractivity contribution in [3.05, 3.63) is 71.3 Å². The minimum absolute atomic E-state index is 0.110. The van der Waals surface area contributed by atoms with Crippen LogP contribution in [0.1, 0.15) is 23.1 Å². The molecule has 0 aliphatic heterocycles. The second-order valence-electron chi connectivity index (χ2n) is 4.45. The zero-order valence-corrected chi connectivity index (χ0v) is 11.4. The van der Waals surface area contributed by atoms with E-state index >= 15 is 0 Å². The summed E-state index contributed by atoms with van der Waals surface area (Å²) in [6, 6.07) is 18.1. The van der Waals surface area contributed by atoms with Crippen LogP contribution in [-0.4, -0.2) is 11.7 Å². The molecule has 0 aliphatic rings. The van der Waals surface area contributed by atoms with Gasteiger partial charge in [-0.3, -0.25) is 0 Å². The van der Waals surface area contributed by atoms with E-state index in [1.807, 2.05) is 42.5 Å². The number of aliphatic hydroxyl groups excluding tert-OH is 1. The third-order valence-corrected chi connectivity index (χ3v) is 2.80. The predicted octanol–water partition coefficient (Wildman–Crippen LogP) is 3.14. The van der Waals surface area contributed by atoms with Crippen LogP contribution >= 0.6 is 0 Å². The van der Waals surface area contributed by atoms with Crippen molar-refractivity contribution in [1.82, 2.24) is 0 Å². The molecule has 0 spiro atoms. The monoisotopic (exact) mass is 266 g/mol. The molecule has 2 heteroatoms. The lowest BCUT2D eigenvalue weighted by Crippen LogP contribution is -1.94. The second kappa shape index (κ2) is 8.16. The molecule has 0 saturated heterocycles. The first kappa shape index (κ1) is 14.3.